The van der Waals surface area contributed by atoms with E-state index in [2.05, 4.69) is 24.3 Å². The smallest absolute Gasteiger partial charge is 0.119 e. The number of benzene rings is 2. The number of nitrogens with one attached hydrogen (secondary N) is 2. The molecule has 2 aromatic carbocycles. The van der Waals surface area contributed by atoms with Gasteiger partial charge >= 0.3 is 0 Å². The van der Waals surface area contributed by atoms with Gasteiger partial charge in [0.1, 0.15) is 11.5 Å². The first-order chi connectivity index (χ1) is 14.5. The van der Waals surface area contributed by atoms with E-state index in [9.17, 15) is 0 Å². The normalized spacial score (nSPS) is 10.5. The van der Waals surface area contributed by atoms with Crippen molar-refractivity contribution in [1.29, 1.82) is 10.8 Å². The molecule has 0 amide bonds. The molecule has 6 heteroatoms. The molecule has 0 atom stereocenters. The fourth-order valence-electron chi connectivity index (χ4n) is 3.05. The van der Waals surface area contributed by atoms with Gasteiger partial charge in [-0.1, -0.05) is 24.3 Å². The van der Waals surface area contributed by atoms with Crippen molar-refractivity contribution in [2.75, 3.05) is 13.2 Å². The van der Waals surface area contributed by atoms with Crippen LogP contribution >= 0.6 is 0 Å². The lowest BCUT2D eigenvalue weighted by atomic mass is 10.1. The van der Waals surface area contributed by atoms with Gasteiger partial charge in [-0.15, -0.1) is 0 Å². The molecule has 6 N–H and O–H groups in total. The van der Waals surface area contributed by atoms with Gasteiger partial charge in [-0.05, 0) is 73.9 Å². The summed E-state index contributed by atoms with van der Waals surface area (Å²) in [4.78, 5) is 0. The summed E-state index contributed by atoms with van der Waals surface area (Å²) in [6.07, 6.45) is 6.81. The van der Waals surface area contributed by atoms with E-state index in [0.717, 1.165) is 50.0 Å². The van der Waals surface area contributed by atoms with Crippen LogP contribution in [0.25, 0.3) is 0 Å². The van der Waals surface area contributed by atoms with Crippen molar-refractivity contribution < 1.29 is 9.47 Å². The Morgan fingerprint density at radius 1 is 0.600 bits per heavy atom. The molecular weight excluding hydrogens is 376 g/mol. The SMILES string of the molecule is N=C(N)CCCc1ccc(OCCCCOc2ccc(CCCC(=N)N)cc2)cc1. The third-order valence-corrected chi connectivity index (χ3v) is 4.75. The summed E-state index contributed by atoms with van der Waals surface area (Å²) in [6, 6.07) is 16.3. The summed E-state index contributed by atoms with van der Waals surface area (Å²) >= 11 is 0. The van der Waals surface area contributed by atoms with E-state index in [0.29, 0.717) is 26.1 Å². The van der Waals surface area contributed by atoms with Crippen LogP contribution < -0.4 is 20.9 Å². The predicted molar refractivity (Wildman–Crippen MR) is 123 cm³/mol. The molecule has 0 fully saturated rings. The van der Waals surface area contributed by atoms with Crippen molar-refractivity contribution in [2.45, 2.75) is 51.4 Å². The number of amidine groups is 2. The number of hydrogen-bond donors (Lipinski definition) is 4. The number of nitrogens with two attached hydrogens (primary N) is 2. The maximum absolute atomic E-state index is 7.25. The van der Waals surface area contributed by atoms with E-state index in [1.807, 2.05) is 24.3 Å². The molecule has 0 aliphatic carbocycles. The van der Waals surface area contributed by atoms with E-state index in [-0.39, 0.29) is 11.7 Å². The Balaban J connectivity index is 1.55. The zero-order valence-electron chi connectivity index (χ0n) is 17.7. The van der Waals surface area contributed by atoms with Crippen LogP contribution in [-0.4, -0.2) is 24.9 Å². The topological polar surface area (TPSA) is 118 Å². The van der Waals surface area contributed by atoms with Crippen LogP contribution in [0.3, 0.4) is 0 Å². The lowest BCUT2D eigenvalue weighted by Crippen LogP contribution is -2.09. The second kappa shape index (κ2) is 13.2. The molecule has 30 heavy (non-hydrogen) atoms. The van der Waals surface area contributed by atoms with E-state index in [1.165, 1.54) is 11.1 Å². The fraction of sp³-hybridized carbons (Fsp3) is 0.417. The molecule has 2 aromatic rings. The van der Waals surface area contributed by atoms with E-state index < -0.39 is 0 Å². The van der Waals surface area contributed by atoms with Gasteiger partial charge in [-0.25, -0.2) is 0 Å². The van der Waals surface area contributed by atoms with Crippen LogP contribution in [0.15, 0.2) is 48.5 Å². The summed E-state index contributed by atoms with van der Waals surface area (Å²) in [5, 5.41) is 14.5. The van der Waals surface area contributed by atoms with Gasteiger partial charge in [0.15, 0.2) is 0 Å². The average Bonchev–Trinajstić information content (AvgIpc) is 2.72. The third kappa shape index (κ3) is 9.96. The van der Waals surface area contributed by atoms with Crippen LogP contribution in [-0.2, 0) is 12.8 Å². The molecule has 0 unspecified atom stereocenters. The highest BCUT2D eigenvalue weighted by molar-refractivity contribution is 5.77. The second-order valence-electron chi connectivity index (χ2n) is 7.45. The molecule has 0 saturated heterocycles. The molecule has 0 radical (unpaired) electrons. The Morgan fingerprint density at radius 2 is 0.967 bits per heavy atom. The molecule has 2 rings (SSSR count). The summed E-state index contributed by atoms with van der Waals surface area (Å²) in [7, 11) is 0. The lowest BCUT2D eigenvalue weighted by molar-refractivity contribution is 0.266. The number of aryl methyl sites for hydroxylation is 2. The summed E-state index contributed by atoms with van der Waals surface area (Å²) < 4.78 is 11.6. The largest absolute Gasteiger partial charge is 0.494 e. The quantitative estimate of drug-likeness (QED) is 0.197. The van der Waals surface area contributed by atoms with Gasteiger partial charge < -0.3 is 20.9 Å². The molecule has 0 spiro atoms. The first-order valence-electron chi connectivity index (χ1n) is 10.6. The molecule has 6 nitrogen and oxygen atoms in total. The monoisotopic (exact) mass is 410 g/mol. The van der Waals surface area contributed by atoms with Crippen molar-refractivity contribution >= 4 is 11.7 Å². The molecular formula is C24H34N4O2. The van der Waals surface area contributed by atoms with Crippen molar-refractivity contribution in [1.82, 2.24) is 0 Å². The minimum atomic E-state index is 0.247. The van der Waals surface area contributed by atoms with Crippen LogP contribution in [0, 0.1) is 10.8 Å². The molecule has 0 aliphatic heterocycles. The highest BCUT2D eigenvalue weighted by Gasteiger charge is 2.00. The predicted octanol–water partition coefficient (Wildman–Crippen LogP) is 4.44. The van der Waals surface area contributed by atoms with E-state index >= 15 is 0 Å². The van der Waals surface area contributed by atoms with Crippen molar-refractivity contribution in [3.8, 4) is 11.5 Å². The van der Waals surface area contributed by atoms with Gasteiger partial charge in [0.2, 0.25) is 0 Å². The Hall–Kier alpha value is -3.02. The van der Waals surface area contributed by atoms with Crippen molar-refractivity contribution in [3.63, 3.8) is 0 Å². The van der Waals surface area contributed by atoms with Crippen molar-refractivity contribution in [3.05, 3.63) is 59.7 Å². The molecule has 0 heterocycles. The summed E-state index contributed by atoms with van der Waals surface area (Å²) in [5.41, 5.74) is 13.2. The molecule has 0 aliphatic rings. The Kier molecular flexibility index (Phi) is 10.3. The van der Waals surface area contributed by atoms with Gasteiger partial charge in [0, 0.05) is 12.8 Å². The number of hydrogen-bond acceptors (Lipinski definition) is 4. The molecule has 0 aromatic heterocycles. The maximum atomic E-state index is 7.25. The zero-order chi connectivity index (χ0) is 21.6. The lowest BCUT2D eigenvalue weighted by Gasteiger charge is -2.09. The number of ether oxygens (including phenoxy) is 2. The fourth-order valence-corrected chi connectivity index (χ4v) is 3.05. The van der Waals surface area contributed by atoms with Gasteiger partial charge in [0.05, 0.1) is 24.9 Å². The highest BCUT2D eigenvalue weighted by Crippen LogP contribution is 2.16. The van der Waals surface area contributed by atoms with Crippen LogP contribution in [0.1, 0.15) is 49.7 Å². The third-order valence-electron chi connectivity index (χ3n) is 4.75. The van der Waals surface area contributed by atoms with Gasteiger partial charge in [-0.2, -0.15) is 0 Å². The average molecular weight is 411 g/mol. The second-order valence-corrected chi connectivity index (χ2v) is 7.45. The minimum absolute atomic E-state index is 0.247. The van der Waals surface area contributed by atoms with E-state index in [4.69, 9.17) is 31.8 Å². The maximum Gasteiger partial charge on any atom is 0.119 e. The standard InChI is InChI=1S/C24H34N4O2/c25-23(26)7-3-5-19-9-13-21(14-10-19)29-17-1-2-18-30-22-15-11-20(12-16-22)6-4-8-24(27)28/h9-16H,1-8,17-18H2,(H3,25,26)(H3,27,28). The van der Waals surface area contributed by atoms with Crippen LogP contribution in [0.2, 0.25) is 0 Å². The Labute approximate surface area is 179 Å². The van der Waals surface area contributed by atoms with Crippen LogP contribution in [0.4, 0.5) is 0 Å². The first kappa shape index (κ1) is 23.3. The highest BCUT2D eigenvalue weighted by atomic mass is 16.5. The summed E-state index contributed by atoms with van der Waals surface area (Å²) in [6.45, 7) is 1.34. The minimum Gasteiger partial charge on any atom is -0.494 e. The molecule has 0 bridgehead atoms. The molecule has 162 valence electrons. The first-order valence-corrected chi connectivity index (χ1v) is 10.6. The number of rotatable bonds is 15. The van der Waals surface area contributed by atoms with Gasteiger partial charge in [-0.3, -0.25) is 10.8 Å². The zero-order valence-corrected chi connectivity index (χ0v) is 17.7. The van der Waals surface area contributed by atoms with E-state index in [1.54, 1.807) is 0 Å². The Morgan fingerprint density at radius 3 is 1.30 bits per heavy atom. The number of unbranched alkanes of at least 4 members (excludes halogenated alkanes) is 1. The van der Waals surface area contributed by atoms with Crippen LogP contribution in [0.5, 0.6) is 11.5 Å². The van der Waals surface area contributed by atoms with Crippen molar-refractivity contribution in [2.24, 2.45) is 11.5 Å². The van der Waals surface area contributed by atoms with Gasteiger partial charge in [0.25, 0.3) is 0 Å². The Bertz CT molecular complexity index is 705. The summed E-state index contributed by atoms with van der Waals surface area (Å²) in [5.74, 6) is 2.26. The molecule has 0 saturated carbocycles.